The SMILES string of the molecule is O=Cc1cc(C=CCCBr)cnc1F. The van der Waals surface area contributed by atoms with Gasteiger partial charge in [0.05, 0.1) is 5.56 Å². The quantitative estimate of drug-likeness (QED) is 0.472. The highest BCUT2D eigenvalue weighted by molar-refractivity contribution is 9.09. The van der Waals surface area contributed by atoms with Crippen molar-refractivity contribution in [2.75, 3.05) is 5.33 Å². The number of nitrogens with zero attached hydrogens (tertiary/aromatic N) is 1. The van der Waals surface area contributed by atoms with Crippen molar-refractivity contribution in [1.29, 1.82) is 0 Å². The van der Waals surface area contributed by atoms with Gasteiger partial charge in [0.1, 0.15) is 0 Å². The van der Waals surface area contributed by atoms with Crippen molar-refractivity contribution in [1.82, 2.24) is 4.98 Å². The Morgan fingerprint density at radius 3 is 3.00 bits per heavy atom. The van der Waals surface area contributed by atoms with Crippen LogP contribution in [-0.2, 0) is 0 Å². The molecule has 1 rings (SSSR count). The lowest BCUT2D eigenvalue weighted by Gasteiger charge is -1.95. The van der Waals surface area contributed by atoms with E-state index in [-0.39, 0.29) is 5.56 Å². The molecule has 0 aromatic carbocycles. The largest absolute Gasteiger partial charge is 0.298 e. The van der Waals surface area contributed by atoms with E-state index >= 15 is 0 Å². The average Bonchev–Trinajstić information content (AvgIpc) is 2.21. The minimum Gasteiger partial charge on any atom is -0.298 e. The molecule has 0 bridgehead atoms. The number of allylic oxidation sites excluding steroid dienone is 1. The summed E-state index contributed by atoms with van der Waals surface area (Å²) >= 11 is 3.28. The molecule has 0 saturated carbocycles. The molecule has 0 fully saturated rings. The lowest BCUT2D eigenvalue weighted by Crippen LogP contribution is -1.92. The molecular weight excluding hydrogens is 249 g/mol. The Morgan fingerprint density at radius 1 is 1.57 bits per heavy atom. The summed E-state index contributed by atoms with van der Waals surface area (Å²) in [4.78, 5) is 13.9. The van der Waals surface area contributed by atoms with Gasteiger partial charge in [-0.1, -0.05) is 28.1 Å². The zero-order chi connectivity index (χ0) is 10.4. The zero-order valence-corrected chi connectivity index (χ0v) is 9.00. The van der Waals surface area contributed by atoms with Gasteiger partial charge >= 0.3 is 0 Å². The van der Waals surface area contributed by atoms with Crippen molar-refractivity contribution in [3.05, 3.63) is 35.4 Å². The molecule has 0 amide bonds. The van der Waals surface area contributed by atoms with Crippen LogP contribution in [0.1, 0.15) is 22.3 Å². The van der Waals surface area contributed by atoms with E-state index in [2.05, 4.69) is 20.9 Å². The van der Waals surface area contributed by atoms with Crippen LogP contribution in [0.3, 0.4) is 0 Å². The predicted octanol–water partition coefficient (Wildman–Crippen LogP) is 2.83. The first-order valence-electron chi connectivity index (χ1n) is 4.11. The minimum absolute atomic E-state index is 0.00834. The lowest BCUT2D eigenvalue weighted by atomic mass is 10.2. The zero-order valence-electron chi connectivity index (χ0n) is 7.41. The van der Waals surface area contributed by atoms with Gasteiger partial charge < -0.3 is 0 Å². The number of aldehydes is 1. The van der Waals surface area contributed by atoms with Crippen molar-refractivity contribution < 1.29 is 9.18 Å². The third-order valence-electron chi connectivity index (χ3n) is 1.60. The number of hydrogen-bond donors (Lipinski definition) is 0. The smallest absolute Gasteiger partial charge is 0.223 e. The number of aromatic nitrogens is 1. The summed E-state index contributed by atoms with van der Waals surface area (Å²) in [6, 6.07) is 1.47. The van der Waals surface area contributed by atoms with Crippen LogP contribution in [0.25, 0.3) is 6.08 Å². The molecule has 1 aromatic rings. The van der Waals surface area contributed by atoms with Crippen LogP contribution in [0.5, 0.6) is 0 Å². The molecule has 74 valence electrons. The Morgan fingerprint density at radius 2 is 2.36 bits per heavy atom. The van der Waals surface area contributed by atoms with Crippen molar-refractivity contribution in [2.24, 2.45) is 0 Å². The summed E-state index contributed by atoms with van der Waals surface area (Å²) in [7, 11) is 0. The Balaban J connectivity index is 2.84. The van der Waals surface area contributed by atoms with E-state index in [0.717, 1.165) is 17.3 Å². The first-order valence-corrected chi connectivity index (χ1v) is 5.23. The molecule has 0 aliphatic heterocycles. The van der Waals surface area contributed by atoms with E-state index < -0.39 is 5.95 Å². The van der Waals surface area contributed by atoms with Gasteiger partial charge in [0, 0.05) is 11.5 Å². The summed E-state index contributed by atoms with van der Waals surface area (Å²) in [6.07, 6.45) is 6.48. The average molecular weight is 258 g/mol. The molecule has 14 heavy (non-hydrogen) atoms. The highest BCUT2D eigenvalue weighted by Gasteiger charge is 2.01. The van der Waals surface area contributed by atoms with Crippen LogP contribution < -0.4 is 0 Å². The van der Waals surface area contributed by atoms with Crippen LogP contribution in [-0.4, -0.2) is 16.6 Å². The maximum Gasteiger partial charge on any atom is 0.223 e. The van der Waals surface area contributed by atoms with Crippen molar-refractivity contribution >= 4 is 28.3 Å². The fraction of sp³-hybridized carbons (Fsp3) is 0.200. The van der Waals surface area contributed by atoms with Gasteiger partial charge in [0.15, 0.2) is 6.29 Å². The number of rotatable bonds is 4. The van der Waals surface area contributed by atoms with E-state index in [1.807, 2.05) is 6.08 Å². The van der Waals surface area contributed by atoms with E-state index in [4.69, 9.17) is 0 Å². The summed E-state index contributed by atoms with van der Waals surface area (Å²) in [5, 5.41) is 0.874. The molecule has 2 nitrogen and oxygen atoms in total. The predicted molar refractivity (Wildman–Crippen MR) is 57.0 cm³/mol. The number of hydrogen-bond acceptors (Lipinski definition) is 2. The van der Waals surface area contributed by atoms with E-state index in [9.17, 15) is 9.18 Å². The van der Waals surface area contributed by atoms with Crippen LogP contribution in [0, 0.1) is 5.95 Å². The Hall–Kier alpha value is -1.03. The topological polar surface area (TPSA) is 30.0 Å². The van der Waals surface area contributed by atoms with Crippen LogP contribution in [0.2, 0.25) is 0 Å². The van der Waals surface area contributed by atoms with Crippen molar-refractivity contribution in [3.63, 3.8) is 0 Å². The van der Waals surface area contributed by atoms with Gasteiger partial charge in [0.2, 0.25) is 5.95 Å². The highest BCUT2D eigenvalue weighted by Crippen LogP contribution is 2.07. The molecular formula is C10H9BrFNO. The van der Waals surface area contributed by atoms with Crippen LogP contribution in [0.4, 0.5) is 4.39 Å². The molecule has 0 spiro atoms. The normalized spacial score (nSPS) is 10.7. The Bertz CT molecular complexity index is 352. The minimum atomic E-state index is -0.724. The molecule has 0 unspecified atom stereocenters. The van der Waals surface area contributed by atoms with E-state index in [1.54, 1.807) is 6.08 Å². The van der Waals surface area contributed by atoms with Crippen molar-refractivity contribution in [2.45, 2.75) is 6.42 Å². The van der Waals surface area contributed by atoms with Crippen molar-refractivity contribution in [3.8, 4) is 0 Å². The Kier molecular flexibility index (Phi) is 4.46. The number of pyridine rings is 1. The second-order valence-corrected chi connectivity index (χ2v) is 3.44. The first-order chi connectivity index (χ1) is 6.77. The molecule has 1 aromatic heterocycles. The second kappa shape index (κ2) is 5.65. The van der Waals surface area contributed by atoms with Crippen LogP contribution >= 0.6 is 15.9 Å². The van der Waals surface area contributed by atoms with E-state index in [0.29, 0.717) is 6.29 Å². The van der Waals surface area contributed by atoms with Gasteiger partial charge in [-0.15, -0.1) is 0 Å². The summed E-state index contributed by atoms with van der Waals surface area (Å²) in [5.74, 6) is -0.724. The summed E-state index contributed by atoms with van der Waals surface area (Å²) < 4.78 is 12.8. The molecule has 1 heterocycles. The van der Waals surface area contributed by atoms with Crippen LogP contribution in [0.15, 0.2) is 18.3 Å². The van der Waals surface area contributed by atoms with Gasteiger partial charge in [-0.3, -0.25) is 4.79 Å². The fourth-order valence-corrected chi connectivity index (χ4v) is 1.20. The highest BCUT2D eigenvalue weighted by atomic mass is 79.9. The third-order valence-corrected chi connectivity index (χ3v) is 2.06. The third kappa shape index (κ3) is 3.03. The monoisotopic (exact) mass is 257 g/mol. The maximum atomic E-state index is 12.8. The number of alkyl halides is 1. The first kappa shape index (κ1) is 11.0. The van der Waals surface area contributed by atoms with Gasteiger partial charge in [-0.25, -0.2) is 4.98 Å². The number of carbonyl (C=O) groups is 1. The second-order valence-electron chi connectivity index (χ2n) is 2.65. The summed E-state index contributed by atoms with van der Waals surface area (Å²) in [5.41, 5.74) is 0.723. The molecule has 0 saturated heterocycles. The standard InChI is InChI=1S/C10H9BrFNO/c11-4-2-1-3-8-5-9(7-14)10(12)13-6-8/h1,3,5-7H,2,4H2. The van der Waals surface area contributed by atoms with E-state index in [1.165, 1.54) is 12.3 Å². The molecule has 0 radical (unpaired) electrons. The molecule has 0 aliphatic carbocycles. The molecule has 4 heteroatoms. The fourth-order valence-electron chi connectivity index (χ4n) is 0.938. The van der Waals surface area contributed by atoms with Gasteiger partial charge in [0.25, 0.3) is 0 Å². The van der Waals surface area contributed by atoms with Gasteiger partial charge in [-0.05, 0) is 18.1 Å². The number of halogens is 2. The molecule has 0 atom stereocenters. The molecule has 0 N–H and O–H groups in total. The lowest BCUT2D eigenvalue weighted by molar-refractivity contribution is 0.111. The maximum absolute atomic E-state index is 12.8. The number of carbonyl (C=O) groups excluding carboxylic acids is 1. The van der Waals surface area contributed by atoms with Gasteiger partial charge in [-0.2, -0.15) is 4.39 Å². The summed E-state index contributed by atoms with van der Waals surface area (Å²) in [6.45, 7) is 0. The molecule has 0 aliphatic rings. The Labute approximate surface area is 90.0 Å².